The van der Waals surface area contributed by atoms with E-state index in [1.807, 2.05) is 26.0 Å². The van der Waals surface area contributed by atoms with Crippen molar-refractivity contribution in [2.75, 3.05) is 23.8 Å². The average Bonchev–Trinajstić information content (AvgIpc) is 3.47. The summed E-state index contributed by atoms with van der Waals surface area (Å²) >= 11 is 4.58. The summed E-state index contributed by atoms with van der Waals surface area (Å²) < 4.78 is 6.18. The Morgan fingerprint density at radius 1 is 1.25 bits per heavy atom. The van der Waals surface area contributed by atoms with Crippen LogP contribution >= 0.6 is 27.3 Å². The van der Waals surface area contributed by atoms with Crippen LogP contribution in [0.25, 0.3) is 10.2 Å². The van der Waals surface area contributed by atoms with E-state index in [4.69, 9.17) is 10.3 Å². The third kappa shape index (κ3) is 4.72. The number of fused-ring (bicyclic) bond motifs is 1. The SMILES string of the molecule is Cc1nc2sc(/C([O-])=N/c3c[n+](N4CCCCC4)no3)c(N)c2c(C)c1CC(=O)c1ccc(Br)cc1. The summed E-state index contributed by atoms with van der Waals surface area (Å²) in [5, 5.41) is 19.8. The minimum atomic E-state index is -0.512. The van der Waals surface area contributed by atoms with Gasteiger partial charge in [0.05, 0.1) is 28.4 Å². The topological polar surface area (TPSA) is 125 Å². The molecule has 0 amide bonds. The van der Waals surface area contributed by atoms with E-state index < -0.39 is 5.90 Å². The first-order valence-electron chi connectivity index (χ1n) is 11.7. The van der Waals surface area contributed by atoms with Gasteiger partial charge in [0.25, 0.3) is 6.20 Å². The molecule has 1 saturated heterocycles. The molecule has 0 radical (unpaired) electrons. The molecule has 1 aliphatic heterocycles. The number of anilines is 1. The van der Waals surface area contributed by atoms with Crippen molar-refractivity contribution in [3.8, 4) is 0 Å². The Hall–Kier alpha value is -3.31. The number of aromatic nitrogens is 3. The van der Waals surface area contributed by atoms with E-state index in [9.17, 15) is 9.90 Å². The number of thiophene rings is 1. The number of Topliss-reactive ketones (excluding diaryl/α,β-unsaturated/α-hetero) is 1. The molecule has 1 aliphatic rings. The molecular weight excluding hydrogens is 544 g/mol. The van der Waals surface area contributed by atoms with Gasteiger partial charge in [-0.25, -0.2) is 9.98 Å². The average molecular weight is 569 g/mol. The Bertz CT molecular complexity index is 1470. The maximum absolute atomic E-state index is 13.0. The van der Waals surface area contributed by atoms with E-state index in [0.29, 0.717) is 21.5 Å². The zero-order valence-corrected chi connectivity index (χ0v) is 22.4. The van der Waals surface area contributed by atoms with Gasteiger partial charge in [0.1, 0.15) is 4.83 Å². The molecule has 36 heavy (non-hydrogen) atoms. The predicted octanol–water partition coefficient (Wildman–Crippen LogP) is 3.52. The highest BCUT2D eigenvalue weighted by molar-refractivity contribution is 9.10. The number of nitrogens with two attached hydrogens (primary N) is 1. The second-order valence-corrected chi connectivity index (χ2v) is 10.7. The number of pyridine rings is 1. The van der Waals surface area contributed by atoms with Gasteiger partial charge in [0, 0.05) is 33.4 Å². The third-order valence-corrected chi connectivity index (χ3v) is 8.05. The molecule has 1 fully saturated rings. The van der Waals surface area contributed by atoms with Gasteiger partial charge in [-0.05, 0) is 56.4 Å². The maximum Gasteiger partial charge on any atom is 0.324 e. The second-order valence-electron chi connectivity index (χ2n) is 8.82. The molecule has 9 nitrogen and oxygen atoms in total. The van der Waals surface area contributed by atoms with Crippen LogP contribution in [0.2, 0.25) is 0 Å². The number of halogens is 1. The summed E-state index contributed by atoms with van der Waals surface area (Å²) in [5.41, 5.74) is 9.77. The number of hydrogen-bond acceptors (Lipinski definition) is 9. The van der Waals surface area contributed by atoms with Gasteiger partial charge in [0.15, 0.2) is 5.78 Å². The van der Waals surface area contributed by atoms with Crippen LogP contribution < -0.4 is 20.6 Å². The van der Waals surface area contributed by atoms with E-state index in [1.54, 1.807) is 23.1 Å². The molecule has 1 aromatic carbocycles. The van der Waals surface area contributed by atoms with Crippen LogP contribution in [0.3, 0.4) is 0 Å². The lowest BCUT2D eigenvalue weighted by Crippen LogP contribution is -2.60. The van der Waals surface area contributed by atoms with E-state index in [2.05, 4.69) is 36.2 Å². The van der Waals surface area contributed by atoms with Crippen LogP contribution in [0.5, 0.6) is 0 Å². The van der Waals surface area contributed by atoms with Gasteiger partial charge in [-0.2, -0.15) is 5.01 Å². The van der Waals surface area contributed by atoms with Gasteiger partial charge in [0.2, 0.25) is 5.27 Å². The van der Waals surface area contributed by atoms with Crippen molar-refractivity contribution < 1.29 is 19.2 Å². The molecule has 11 heteroatoms. The summed E-state index contributed by atoms with van der Waals surface area (Å²) in [5.74, 6) is -0.409. The maximum atomic E-state index is 13.0. The lowest BCUT2D eigenvalue weighted by atomic mass is 9.96. The van der Waals surface area contributed by atoms with Crippen LogP contribution in [0.15, 0.2) is 44.5 Å². The lowest BCUT2D eigenvalue weighted by Gasteiger charge is -2.17. The molecule has 2 N–H and O–H groups in total. The summed E-state index contributed by atoms with van der Waals surface area (Å²) in [6.07, 6.45) is 5.17. The molecule has 4 heterocycles. The zero-order chi connectivity index (χ0) is 25.4. The Morgan fingerprint density at radius 2 is 1.97 bits per heavy atom. The van der Waals surface area contributed by atoms with Crippen molar-refractivity contribution >= 4 is 60.7 Å². The molecule has 3 aromatic heterocycles. The number of nitrogen functional groups attached to an aromatic ring is 1. The van der Waals surface area contributed by atoms with E-state index in [-0.39, 0.29) is 23.0 Å². The minimum absolute atomic E-state index is 0.0118. The number of piperidine rings is 1. The Morgan fingerprint density at radius 3 is 2.69 bits per heavy atom. The standard InChI is InChI=1S/C25H25BrN6O3S/c1-14-18(12-19(33)16-6-8-17(26)9-7-16)15(2)28-25-21(14)22(27)23(36-25)24(34)29-20-13-32(30-35-20)31-10-4-3-5-11-31/h6-9,13H,3-5,10-12H2,1-2H3,(H2-,27,29,30,34). The predicted molar refractivity (Wildman–Crippen MR) is 140 cm³/mol. The van der Waals surface area contributed by atoms with Gasteiger partial charge in [-0.3, -0.25) is 9.32 Å². The fourth-order valence-corrected chi connectivity index (χ4v) is 5.83. The molecule has 0 unspecified atom stereocenters. The summed E-state index contributed by atoms with van der Waals surface area (Å²) in [6, 6.07) is 7.27. The molecular formula is C25H25BrN6O3S. The highest BCUT2D eigenvalue weighted by Gasteiger charge is 2.23. The van der Waals surface area contributed by atoms with E-state index >= 15 is 0 Å². The first-order valence-corrected chi connectivity index (χ1v) is 13.3. The Labute approximate surface area is 220 Å². The molecule has 0 atom stereocenters. The molecule has 0 bridgehead atoms. The molecule has 0 aliphatic carbocycles. The first-order chi connectivity index (χ1) is 17.3. The molecule has 186 valence electrons. The zero-order valence-electron chi connectivity index (χ0n) is 20.0. The quantitative estimate of drug-likeness (QED) is 0.163. The number of rotatable bonds is 6. The fraction of sp³-hybridized carbons (Fsp3) is 0.320. The lowest BCUT2D eigenvalue weighted by molar-refractivity contribution is -0.759. The van der Waals surface area contributed by atoms with Crippen LogP contribution in [-0.2, 0) is 6.42 Å². The highest BCUT2D eigenvalue weighted by Crippen LogP contribution is 2.37. The van der Waals surface area contributed by atoms with Crippen LogP contribution in [-0.4, -0.2) is 35.0 Å². The largest absolute Gasteiger partial charge is 0.857 e. The molecule has 5 rings (SSSR count). The number of carbonyl (C=O) groups is 1. The van der Waals surface area contributed by atoms with Gasteiger partial charge < -0.3 is 10.8 Å². The molecule has 4 aromatic rings. The van der Waals surface area contributed by atoms with Crippen molar-refractivity contribution in [1.29, 1.82) is 0 Å². The number of ketones is 1. The number of hydrogen-bond donors (Lipinski definition) is 1. The van der Waals surface area contributed by atoms with Gasteiger partial charge in [-0.1, -0.05) is 28.1 Å². The van der Waals surface area contributed by atoms with Crippen molar-refractivity contribution in [1.82, 2.24) is 10.3 Å². The highest BCUT2D eigenvalue weighted by atomic mass is 79.9. The van der Waals surface area contributed by atoms with Crippen LogP contribution in [0.4, 0.5) is 11.6 Å². The van der Waals surface area contributed by atoms with Crippen LogP contribution in [0, 0.1) is 13.8 Å². The number of nitrogens with zero attached hydrogens (tertiary/aromatic N) is 5. The number of aliphatic imine (C=N–C) groups is 1. The minimum Gasteiger partial charge on any atom is -0.857 e. The molecule has 0 saturated carbocycles. The molecule has 0 spiro atoms. The summed E-state index contributed by atoms with van der Waals surface area (Å²) in [7, 11) is 0. The summed E-state index contributed by atoms with van der Waals surface area (Å²) in [4.78, 5) is 24.2. The number of aryl methyl sites for hydroxylation is 2. The smallest absolute Gasteiger partial charge is 0.324 e. The fourth-order valence-electron chi connectivity index (χ4n) is 4.48. The first kappa shape index (κ1) is 24.4. The Kier molecular flexibility index (Phi) is 6.76. The van der Waals surface area contributed by atoms with Crippen molar-refractivity contribution in [3.63, 3.8) is 0 Å². The van der Waals surface area contributed by atoms with E-state index in [0.717, 1.165) is 47.2 Å². The van der Waals surface area contributed by atoms with Crippen LogP contribution in [0.1, 0.15) is 51.3 Å². The van der Waals surface area contributed by atoms with Crippen molar-refractivity contribution in [2.24, 2.45) is 4.99 Å². The summed E-state index contributed by atoms with van der Waals surface area (Å²) in [6.45, 7) is 5.54. The van der Waals surface area contributed by atoms with Gasteiger partial charge >= 0.3 is 5.88 Å². The van der Waals surface area contributed by atoms with Gasteiger partial charge in [-0.15, -0.1) is 11.3 Å². The normalized spacial score (nSPS) is 14.5. The Balaban J connectivity index is 1.45. The number of benzene rings is 1. The third-order valence-electron chi connectivity index (χ3n) is 6.44. The monoisotopic (exact) mass is 568 g/mol. The van der Waals surface area contributed by atoms with Crippen molar-refractivity contribution in [2.45, 2.75) is 39.5 Å². The second kappa shape index (κ2) is 9.98. The van der Waals surface area contributed by atoms with Crippen molar-refractivity contribution in [3.05, 3.63) is 62.2 Å². The van der Waals surface area contributed by atoms with E-state index in [1.165, 1.54) is 17.8 Å². The number of carbonyl (C=O) groups excluding carboxylic acids is 1.